The zero-order valence-corrected chi connectivity index (χ0v) is 16.4. The molecule has 1 fully saturated rings. The molecule has 4 rings (SSSR count). The van der Waals surface area contributed by atoms with E-state index in [0.29, 0.717) is 11.1 Å². The van der Waals surface area contributed by atoms with Crippen molar-refractivity contribution in [1.29, 1.82) is 0 Å². The lowest BCUT2D eigenvalue weighted by Crippen LogP contribution is -2.35. The minimum absolute atomic E-state index is 0.0837. The van der Waals surface area contributed by atoms with Gasteiger partial charge < -0.3 is 49.6 Å². The molecule has 5 atom stereocenters. The summed E-state index contributed by atoms with van der Waals surface area (Å²) in [5.41, 5.74) is 0.762. The molecule has 10 nitrogen and oxygen atoms in total. The number of allylic oxidation sites excluding steroid dienone is 2. The number of methoxy groups -OCH3 is 1. The predicted octanol–water partition coefficient (Wildman–Crippen LogP) is 0.259. The summed E-state index contributed by atoms with van der Waals surface area (Å²) in [6.45, 7) is -0.516. The first kappa shape index (κ1) is 21.1. The van der Waals surface area contributed by atoms with Gasteiger partial charge in [0, 0.05) is 18.2 Å². The highest BCUT2D eigenvalue weighted by molar-refractivity contribution is 5.69. The molecule has 3 aliphatic rings. The Morgan fingerprint density at radius 2 is 1.87 bits per heavy atom. The third-order valence-corrected chi connectivity index (χ3v) is 5.21. The summed E-state index contributed by atoms with van der Waals surface area (Å²) in [5.74, 6) is 0.0528. The van der Waals surface area contributed by atoms with E-state index in [1.165, 1.54) is 31.4 Å². The zero-order chi connectivity index (χ0) is 22.3. The lowest BCUT2D eigenvalue weighted by Gasteiger charge is -2.27. The third kappa shape index (κ3) is 3.81. The molecule has 31 heavy (non-hydrogen) atoms. The lowest BCUT2D eigenvalue weighted by molar-refractivity contribution is -0.147. The molecule has 0 bridgehead atoms. The molecular formula is C21H23O10+. The van der Waals surface area contributed by atoms with Crippen LogP contribution in [-0.4, -0.2) is 79.8 Å². The van der Waals surface area contributed by atoms with Gasteiger partial charge in [0.1, 0.15) is 29.8 Å². The highest BCUT2D eigenvalue weighted by Gasteiger charge is 2.45. The van der Waals surface area contributed by atoms with E-state index < -0.39 is 37.3 Å². The van der Waals surface area contributed by atoms with Crippen LogP contribution in [0, 0.1) is 0 Å². The van der Waals surface area contributed by atoms with Crippen molar-refractivity contribution in [2.24, 2.45) is 0 Å². The van der Waals surface area contributed by atoms with E-state index >= 15 is 0 Å². The Morgan fingerprint density at radius 1 is 1.10 bits per heavy atom. The van der Waals surface area contributed by atoms with Crippen LogP contribution in [0.2, 0.25) is 0 Å². The number of benzene rings is 1. The second-order valence-corrected chi connectivity index (χ2v) is 7.22. The van der Waals surface area contributed by atoms with E-state index in [4.69, 9.17) is 14.2 Å². The summed E-state index contributed by atoms with van der Waals surface area (Å²) < 4.78 is 20.8. The summed E-state index contributed by atoms with van der Waals surface area (Å²) in [4.78, 5) is 0. The Kier molecular flexibility index (Phi) is 5.54. The van der Waals surface area contributed by atoms with Crippen LogP contribution in [0.1, 0.15) is 5.56 Å². The molecule has 0 radical (unpaired) electrons. The number of fused-ring (bicyclic) bond motifs is 1. The van der Waals surface area contributed by atoms with Gasteiger partial charge in [0.15, 0.2) is 11.5 Å². The first-order valence-electron chi connectivity index (χ1n) is 9.47. The number of ether oxygens (including phenoxy) is 4. The molecule has 1 aromatic rings. The van der Waals surface area contributed by atoms with Crippen molar-refractivity contribution in [3.05, 3.63) is 64.8 Å². The molecule has 0 saturated carbocycles. The molecule has 0 aromatic heterocycles. The average Bonchev–Trinajstić information content (AvgIpc) is 3.01. The third-order valence-electron chi connectivity index (χ3n) is 5.21. The molecule has 0 amide bonds. The second kappa shape index (κ2) is 8.16. The smallest absolute Gasteiger partial charge is 0.305 e. The van der Waals surface area contributed by atoms with E-state index in [2.05, 4.69) is 4.74 Å². The fourth-order valence-electron chi connectivity index (χ4n) is 3.58. The molecule has 0 spiro atoms. The maximum absolute atomic E-state index is 10.2. The Morgan fingerprint density at radius 3 is 2.52 bits per heavy atom. The molecule has 2 heterocycles. The van der Waals surface area contributed by atoms with Gasteiger partial charge in [-0.1, -0.05) is 0 Å². The van der Waals surface area contributed by atoms with Crippen LogP contribution in [0.25, 0.3) is 5.76 Å². The van der Waals surface area contributed by atoms with E-state index in [9.17, 15) is 30.6 Å². The molecule has 166 valence electrons. The Hall–Kier alpha value is -3.18. The van der Waals surface area contributed by atoms with Crippen LogP contribution in [0.4, 0.5) is 0 Å². The maximum Gasteiger partial charge on any atom is 0.305 e. The first-order valence-corrected chi connectivity index (χ1v) is 9.47. The van der Waals surface area contributed by atoms with Crippen LogP contribution in [0.15, 0.2) is 59.3 Å². The van der Waals surface area contributed by atoms with Gasteiger partial charge >= 0.3 is 5.76 Å². The molecular weight excluding hydrogens is 412 g/mol. The van der Waals surface area contributed by atoms with Crippen LogP contribution in [-0.2, 0) is 9.47 Å². The molecule has 1 saturated heterocycles. The van der Waals surface area contributed by atoms with Crippen molar-refractivity contribution < 1.29 is 49.6 Å². The van der Waals surface area contributed by atoms with Crippen molar-refractivity contribution in [1.82, 2.24) is 0 Å². The van der Waals surface area contributed by atoms with Crippen LogP contribution in [0.5, 0.6) is 11.5 Å². The number of aliphatic hydroxyl groups is 7. The average molecular weight is 435 g/mol. The Labute approximate surface area is 176 Å². The van der Waals surface area contributed by atoms with Gasteiger partial charge in [0.25, 0.3) is 0 Å². The normalized spacial score (nSPS) is 30.1. The summed E-state index contributed by atoms with van der Waals surface area (Å²) >= 11 is 0. The molecule has 1 aromatic carbocycles. The summed E-state index contributed by atoms with van der Waals surface area (Å²) in [7, 11) is 1.41. The topological polar surface area (TPSA) is 162 Å². The van der Waals surface area contributed by atoms with E-state index in [1.54, 1.807) is 6.07 Å². The fourth-order valence-corrected chi connectivity index (χ4v) is 3.58. The number of phenols is 1. The summed E-state index contributed by atoms with van der Waals surface area (Å²) in [6.07, 6.45) is -1.80. The maximum atomic E-state index is 10.2. The lowest BCUT2D eigenvalue weighted by atomic mass is 9.97. The first-order chi connectivity index (χ1) is 14.8. The SMILES string of the molecule is COc1ccc(C2=C(O[C@H]3O[C@H](CO)[C@@H](O)[C@@H]3O)C=C3C(O)=CC(O)=CC3[OH+]2)cc1O. The van der Waals surface area contributed by atoms with Crippen molar-refractivity contribution in [2.45, 2.75) is 30.7 Å². The number of hydrogen-bond donors (Lipinski definition) is 6. The molecule has 10 heteroatoms. The van der Waals surface area contributed by atoms with Crippen molar-refractivity contribution in [3.63, 3.8) is 0 Å². The number of phenolic OH excluding ortho intramolecular Hbond substituents is 1. The summed E-state index contributed by atoms with van der Waals surface area (Å²) in [5, 5.41) is 59.8. The summed E-state index contributed by atoms with van der Waals surface area (Å²) in [6, 6.07) is 4.56. The predicted molar refractivity (Wildman–Crippen MR) is 106 cm³/mol. The van der Waals surface area contributed by atoms with Crippen molar-refractivity contribution in [2.75, 3.05) is 13.7 Å². The van der Waals surface area contributed by atoms with Gasteiger partial charge in [-0.3, -0.25) is 0 Å². The van der Waals surface area contributed by atoms with Gasteiger partial charge in [-0.25, -0.2) is 0 Å². The van der Waals surface area contributed by atoms with Gasteiger partial charge in [-0.05, 0) is 12.1 Å². The zero-order valence-electron chi connectivity index (χ0n) is 16.4. The Bertz CT molecular complexity index is 992. The number of aromatic hydroxyl groups is 1. The quantitative estimate of drug-likeness (QED) is 0.356. The van der Waals surface area contributed by atoms with Crippen molar-refractivity contribution in [3.8, 4) is 11.5 Å². The van der Waals surface area contributed by atoms with E-state index in [-0.39, 0.29) is 34.5 Å². The van der Waals surface area contributed by atoms with Gasteiger partial charge in [0.2, 0.25) is 18.2 Å². The fraction of sp³-hybridized carbons (Fsp3) is 0.333. The van der Waals surface area contributed by atoms with Gasteiger partial charge in [-0.2, -0.15) is 0 Å². The Balaban J connectivity index is 1.75. The van der Waals surface area contributed by atoms with Crippen LogP contribution < -0.4 is 4.74 Å². The standard InChI is InChI=1S/C21H22O10/c1-28-14-3-2-9(4-13(14)25)20-16(30-21-19(27)18(26)17(8-22)31-21)7-11-12(24)5-10(23)6-15(11)29-20/h2-7,15,17-19,21-27H,8H2,1H3/p+1/t15?,17-,18-,19+,21+/m1/s1. The molecule has 2 aliphatic heterocycles. The van der Waals surface area contributed by atoms with Crippen molar-refractivity contribution >= 4 is 5.76 Å². The molecule has 1 unspecified atom stereocenters. The van der Waals surface area contributed by atoms with E-state index in [0.717, 1.165) is 6.08 Å². The largest absolute Gasteiger partial charge is 0.571 e. The minimum atomic E-state index is -1.44. The number of rotatable bonds is 5. The molecule has 1 aliphatic carbocycles. The van der Waals surface area contributed by atoms with Gasteiger partial charge in [-0.15, -0.1) is 0 Å². The van der Waals surface area contributed by atoms with Crippen LogP contribution >= 0.6 is 0 Å². The minimum Gasteiger partial charge on any atom is -0.571 e. The second-order valence-electron chi connectivity index (χ2n) is 7.22. The monoisotopic (exact) mass is 435 g/mol. The highest BCUT2D eigenvalue weighted by Crippen LogP contribution is 2.38. The molecule has 7 N–H and O–H groups in total. The van der Waals surface area contributed by atoms with Gasteiger partial charge in [0.05, 0.1) is 30.9 Å². The van der Waals surface area contributed by atoms with Crippen LogP contribution in [0.3, 0.4) is 0 Å². The van der Waals surface area contributed by atoms with E-state index in [1.807, 2.05) is 0 Å². The number of hydrogen-bond acceptors (Lipinski definition) is 9. The number of aliphatic hydroxyl groups excluding tert-OH is 5. The highest BCUT2D eigenvalue weighted by atomic mass is 16.7.